The molecule has 1 amide bonds. The van der Waals surface area contributed by atoms with Crippen molar-refractivity contribution in [2.24, 2.45) is 7.05 Å². The van der Waals surface area contributed by atoms with Crippen LogP contribution in [0, 0.1) is 0 Å². The van der Waals surface area contributed by atoms with Crippen LogP contribution in [0.2, 0.25) is 5.02 Å². The van der Waals surface area contributed by atoms with E-state index >= 15 is 0 Å². The minimum atomic E-state index is -4.84. The van der Waals surface area contributed by atoms with E-state index < -0.39 is 23.1 Å². The molecular weight excluding hydrogens is 435 g/mol. The van der Waals surface area contributed by atoms with E-state index in [9.17, 15) is 22.8 Å². The van der Waals surface area contributed by atoms with Gasteiger partial charge in [-0.2, -0.15) is 18.3 Å². The average molecular weight is 454 g/mol. The Morgan fingerprint density at radius 2 is 2.03 bits per heavy atom. The summed E-state index contributed by atoms with van der Waals surface area (Å²) in [5.41, 5.74) is -1.21. The Hall–Kier alpha value is -3.01. The minimum absolute atomic E-state index is 0.184. The number of hydrogen-bond donors (Lipinski definition) is 1. The molecule has 1 aromatic carbocycles. The van der Waals surface area contributed by atoms with E-state index in [1.54, 1.807) is 23.1 Å². The molecule has 1 saturated carbocycles. The van der Waals surface area contributed by atoms with Crippen LogP contribution >= 0.6 is 11.6 Å². The fourth-order valence-corrected chi connectivity index (χ4v) is 3.82. The smallest absolute Gasteiger partial charge is 0.336 e. The van der Waals surface area contributed by atoms with E-state index in [4.69, 9.17) is 11.6 Å². The molecule has 7 nitrogen and oxygen atoms in total. The third-order valence-corrected chi connectivity index (χ3v) is 5.57. The molecule has 0 aliphatic heterocycles. The number of halogens is 4. The maximum atomic E-state index is 13.4. The van der Waals surface area contributed by atoms with Crippen LogP contribution in [0.1, 0.15) is 35.7 Å². The Morgan fingerprint density at radius 3 is 2.65 bits per heavy atom. The van der Waals surface area contributed by atoms with Crippen molar-refractivity contribution in [2.75, 3.05) is 6.54 Å². The highest BCUT2D eigenvalue weighted by Crippen LogP contribution is 2.33. The first-order valence-corrected chi connectivity index (χ1v) is 10.0. The second-order valence-electron chi connectivity index (χ2n) is 7.39. The molecule has 0 unspecified atom stereocenters. The number of nitrogens with zero attached hydrogens (tertiary/aromatic N) is 4. The molecule has 0 atom stereocenters. The molecule has 31 heavy (non-hydrogen) atoms. The van der Waals surface area contributed by atoms with Gasteiger partial charge in [0.05, 0.1) is 16.8 Å². The first-order valence-electron chi connectivity index (χ1n) is 9.64. The predicted molar refractivity (Wildman–Crippen MR) is 108 cm³/mol. The van der Waals surface area contributed by atoms with E-state index in [0.717, 1.165) is 22.2 Å². The molecule has 2 aromatic heterocycles. The topological polar surface area (TPSA) is 75.9 Å². The van der Waals surface area contributed by atoms with Crippen LogP contribution in [0.25, 0.3) is 16.9 Å². The number of nitrogens with one attached hydrogen (secondary N) is 1. The first-order chi connectivity index (χ1) is 14.6. The highest BCUT2D eigenvalue weighted by atomic mass is 35.5. The molecule has 0 saturated heterocycles. The number of aryl methyl sites for hydroxylation is 1. The summed E-state index contributed by atoms with van der Waals surface area (Å²) in [5.74, 6) is -0.614. The summed E-state index contributed by atoms with van der Waals surface area (Å²) in [6, 6.07) is 5.07. The zero-order valence-electron chi connectivity index (χ0n) is 16.7. The Kier molecular flexibility index (Phi) is 5.20. The normalized spacial score (nSPS) is 14.1. The minimum Gasteiger partial charge on any atom is -0.336 e. The molecule has 2 heterocycles. The predicted octanol–water partition coefficient (Wildman–Crippen LogP) is 3.86. The number of carbonyl (C=O) groups is 1. The lowest BCUT2D eigenvalue weighted by Crippen LogP contribution is -2.33. The van der Waals surface area contributed by atoms with Crippen molar-refractivity contribution in [1.29, 1.82) is 0 Å². The number of aromatic amines is 1. The van der Waals surface area contributed by atoms with E-state index in [0.29, 0.717) is 28.3 Å². The molecule has 1 aliphatic rings. The lowest BCUT2D eigenvalue weighted by Gasteiger charge is -2.21. The lowest BCUT2D eigenvalue weighted by molar-refractivity contribution is -0.138. The van der Waals surface area contributed by atoms with Crippen molar-refractivity contribution in [1.82, 2.24) is 24.5 Å². The van der Waals surface area contributed by atoms with E-state index in [1.807, 2.05) is 6.92 Å². The molecule has 1 N–H and O–H groups in total. The van der Waals surface area contributed by atoms with Crippen LogP contribution in [0.5, 0.6) is 0 Å². The van der Waals surface area contributed by atoms with Gasteiger partial charge in [0.2, 0.25) is 0 Å². The molecular formula is C20H19ClF3N5O2. The van der Waals surface area contributed by atoms with Gasteiger partial charge in [0, 0.05) is 31.4 Å². The number of H-pyrrole nitrogens is 1. The summed E-state index contributed by atoms with van der Waals surface area (Å²) in [6.07, 6.45) is -0.189. The van der Waals surface area contributed by atoms with Crippen molar-refractivity contribution >= 4 is 17.5 Å². The summed E-state index contributed by atoms with van der Waals surface area (Å²) >= 11 is 6.26. The average Bonchev–Trinajstić information content (AvgIpc) is 3.31. The second-order valence-corrected chi connectivity index (χ2v) is 7.79. The molecule has 1 fully saturated rings. The van der Waals surface area contributed by atoms with Gasteiger partial charge in [0.1, 0.15) is 0 Å². The third-order valence-electron chi connectivity index (χ3n) is 5.24. The Morgan fingerprint density at radius 1 is 1.32 bits per heavy atom. The molecule has 0 radical (unpaired) electrons. The summed E-state index contributed by atoms with van der Waals surface area (Å²) in [5, 5.41) is 6.41. The fourth-order valence-electron chi connectivity index (χ4n) is 3.62. The molecule has 3 aromatic rings. The molecule has 0 spiro atoms. The molecule has 11 heteroatoms. The van der Waals surface area contributed by atoms with Crippen LogP contribution in [-0.4, -0.2) is 43.0 Å². The van der Waals surface area contributed by atoms with Crippen molar-refractivity contribution in [3.63, 3.8) is 0 Å². The van der Waals surface area contributed by atoms with Crippen molar-refractivity contribution in [2.45, 2.75) is 32.0 Å². The zero-order chi connectivity index (χ0) is 22.5. The van der Waals surface area contributed by atoms with Gasteiger partial charge in [0.25, 0.3) is 11.5 Å². The van der Waals surface area contributed by atoms with Crippen molar-refractivity contribution in [3.05, 3.63) is 57.1 Å². The Labute approximate surface area is 180 Å². The SMILES string of the molecule is CCN(C(=O)c1cc(-c2cnn(-c3c(C(F)(F)F)c(=O)[nH]n3C)c2)ccc1Cl)C1CC1. The van der Waals surface area contributed by atoms with Crippen molar-refractivity contribution in [3.8, 4) is 16.9 Å². The molecule has 1 aliphatic carbocycles. The maximum Gasteiger partial charge on any atom is 0.425 e. The zero-order valence-corrected chi connectivity index (χ0v) is 17.5. The van der Waals surface area contributed by atoms with Crippen LogP contribution in [0.15, 0.2) is 35.4 Å². The number of amides is 1. The van der Waals surface area contributed by atoms with E-state index in [2.05, 4.69) is 10.2 Å². The van der Waals surface area contributed by atoms with Gasteiger partial charge in [-0.15, -0.1) is 0 Å². The summed E-state index contributed by atoms with van der Waals surface area (Å²) < 4.78 is 42.1. The van der Waals surface area contributed by atoms with Gasteiger partial charge in [-0.25, -0.2) is 4.68 Å². The Balaban J connectivity index is 1.73. The second kappa shape index (κ2) is 7.60. The third kappa shape index (κ3) is 3.87. The number of benzene rings is 1. The summed E-state index contributed by atoms with van der Waals surface area (Å²) in [7, 11) is 1.30. The Bertz CT molecular complexity index is 1210. The van der Waals surface area contributed by atoms with Crippen LogP contribution < -0.4 is 5.56 Å². The molecule has 0 bridgehead atoms. The summed E-state index contributed by atoms with van der Waals surface area (Å²) in [4.78, 5) is 26.5. The lowest BCUT2D eigenvalue weighted by atomic mass is 10.1. The van der Waals surface area contributed by atoms with Crippen LogP contribution in [0.4, 0.5) is 13.2 Å². The molecule has 4 rings (SSSR count). The van der Waals surface area contributed by atoms with E-state index in [1.165, 1.54) is 19.4 Å². The van der Waals surface area contributed by atoms with Gasteiger partial charge in [-0.05, 0) is 37.5 Å². The fraction of sp³-hybridized carbons (Fsp3) is 0.350. The quantitative estimate of drug-likeness (QED) is 0.637. The van der Waals surface area contributed by atoms with Gasteiger partial charge in [-0.3, -0.25) is 19.4 Å². The molecule has 164 valence electrons. The monoisotopic (exact) mass is 453 g/mol. The standard InChI is InChI=1S/C20H19ClF3N5O2/c1-3-28(13-5-6-13)19(31)14-8-11(4-7-15(14)21)12-9-25-29(10-12)18-16(20(22,23)24)17(30)26-27(18)2/h4,7-10,13H,3,5-6H2,1-2H3,(H,26,30). The number of carbonyl (C=O) groups excluding carboxylic acids is 1. The number of hydrogen-bond acceptors (Lipinski definition) is 3. The number of rotatable bonds is 5. The summed E-state index contributed by atoms with van der Waals surface area (Å²) in [6.45, 7) is 2.46. The van der Waals surface area contributed by atoms with Gasteiger partial charge >= 0.3 is 6.18 Å². The van der Waals surface area contributed by atoms with Gasteiger partial charge in [-0.1, -0.05) is 17.7 Å². The van der Waals surface area contributed by atoms with Gasteiger partial charge < -0.3 is 4.90 Å². The first kappa shape index (κ1) is 21.2. The highest BCUT2D eigenvalue weighted by molar-refractivity contribution is 6.34. The highest BCUT2D eigenvalue weighted by Gasteiger charge is 2.40. The largest absolute Gasteiger partial charge is 0.425 e. The van der Waals surface area contributed by atoms with E-state index in [-0.39, 0.29) is 11.9 Å². The number of aromatic nitrogens is 4. The van der Waals surface area contributed by atoms with Crippen molar-refractivity contribution < 1.29 is 18.0 Å². The maximum absolute atomic E-state index is 13.4. The van der Waals surface area contributed by atoms with Crippen LogP contribution in [-0.2, 0) is 13.2 Å². The van der Waals surface area contributed by atoms with Crippen LogP contribution in [0.3, 0.4) is 0 Å². The van der Waals surface area contributed by atoms with Gasteiger partial charge in [0.15, 0.2) is 11.4 Å². The number of alkyl halides is 3.